The van der Waals surface area contributed by atoms with Crippen LogP contribution in [-0.2, 0) is 16.1 Å². The van der Waals surface area contributed by atoms with Gasteiger partial charge in [0.1, 0.15) is 11.7 Å². The maximum atomic E-state index is 15.1. The summed E-state index contributed by atoms with van der Waals surface area (Å²) in [5.74, 6) is -2.24. The fourth-order valence-corrected chi connectivity index (χ4v) is 3.28. The molecule has 0 bridgehead atoms. The highest BCUT2D eigenvalue weighted by molar-refractivity contribution is 5.94. The van der Waals surface area contributed by atoms with Crippen molar-refractivity contribution in [2.75, 3.05) is 6.61 Å². The molecular formula is C23H27F2N3O3. The van der Waals surface area contributed by atoms with Crippen molar-refractivity contribution in [3.63, 3.8) is 0 Å². The number of hydrogen-bond acceptors (Lipinski definition) is 4. The van der Waals surface area contributed by atoms with Crippen molar-refractivity contribution in [3.05, 3.63) is 64.7 Å². The lowest BCUT2D eigenvalue weighted by Gasteiger charge is -2.21. The number of hydrogen-bond donors (Lipinski definition) is 3. The Morgan fingerprint density at radius 3 is 2.48 bits per heavy atom. The number of nitrogen functional groups attached to an aromatic ring is 1. The fraction of sp³-hybridized carbons (Fsp3) is 0.391. The minimum atomic E-state index is -1.46. The SMILES string of the molecule is CCO[C@H](C(=O)NCc1ccc(C(=N)N)cc1)c1c(F)ccc(OC(C)C2CC2)c1F. The summed E-state index contributed by atoms with van der Waals surface area (Å²) in [4.78, 5) is 12.8. The third-order valence-corrected chi connectivity index (χ3v) is 5.26. The summed E-state index contributed by atoms with van der Waals surface area (Å²) in [5.41, 5.74) is 6.26. The zero-order chi connectivity index (χ0) is 22.5. The van der Waals surface area contributed by atoms with Crippen LogP contribution >= 0.6 is 0 Å². The molecule has 1 aliphatic carbocycles. The molecule has 4 N–H and O–H groups in total. The van der Waals surface area contributed by atoms with E-state index in [1.807, 2.05) is 6.92 Å². The molecule has 1 unspecified atom stereocenters. The molecule has 0 radical (unpaired) electrons. The summed E-state index contributed by atoms with van der Waals surface area (Å²) in [6.07, 6.45) is 0.397. The van der Waals surface area contributed by atoms with Crippen molar-refractivity contribution in [1.29, 1.82) is 5.41 Å². The number of rotatable bonds is 10. The normalized spacial score (nSPS) is 15.2. The Labute approximate surface area is 180 Å². The van der Waals surface area contributed by atoms with Crippen molar-refractivity contribution in [2.45, 2.75) is 45.4 Å². The van der Waals surface area contributed by atoms with Gasteiger partial charge in [-0.3, -0.25) is 10.2 Å². The monoisotopic (exact) mass is 431 g/mol. The second kappa shape index (κ2) is 9.87. The quantitative estimate of drug-likeness (QED) is 0.394. The lowest BCUT2D eigenvalue weighted by atomic mass is 10.1. The molecule has 1 saturated carbocycles. The largest absolute Gasteiger partial charge is 0.487 e. The average Bonchev–Trinajstić information content (AvgIpc) is 3.59. The van der Waals surface area contributed by atoms with Gasteiger partial charge in [-0.05, 0) is 50.3 Å². The van der Waals surface area contributed by atoms with E-state index in [1.165, 1.54) is 6.07 Å². The molecule has 6 nitrogen and oxygen atoms in total. The van der Waals surface area contributed by atoms with Gasteiger partial charge in [0.05, 0.1) is 11.7 Å². The van der Waals surface area contributed by atoms with E-state index in [4.69, 9.17) is 20.6 Å². The molecule has 0 aromatic heterocycles. The standard InChI is InChI=1S/C23H27F2N3O3/c1-3-30-21(23(29)28-12-14-4-6-16(7-5-14)22(26)27)19-17(24)10-11-18(20(19)25)31-13(2)15-8-9-15/h4-7,10-11,13,15,21H,3,8-9,12H2,1-2H3,(H3,26,27)(H,28,29)/t13?,21-/m0/s1. The van der Waals surface area contributed by atoms with Crippen LogP contribution in [0, 0.1) is 23.0 Å². The maximum Gasteiger partial charge on any atom is 0.254 e. The molecule has 1 fully saturated rings. The first-order chi connectivity index (χ1) is 14.8. The Morgan fingerprint density at radius 2 is 1.90 bits per heavy atom. The van der Waals surface area contributed by atoms with Gasteiger partial charge in [-0.25, -0.2) is 8.78 Å². The van der Waals surface area contributed by atoms with E-state index in [9.17, 15) is 9.18 Å². The summed E-state index contributed by atoms with van der Waals surface area (Å²) < 4.78 is 40.8. The van der Waals surface area contributed by atoms with E-state index in [1.54, 1.807) is 31.2 Å². The Balaban J connectivity index is 1.76. The molecule has 166 valence electrons. The van der Waals surface area contributed by atoms with Gasteiger partial charge in [-0.15, -0.1) is 0 Å². The van der Waals surface area contributed by atoms with Crippen LogP contribution in [0.25, 0.3) is 0 Å². The summed E-state index contributed by atoms with van der Waals surface area (Å²) in [7, 11) is 0. The van der Waals surface area contributed by atoms with Gasteiger partial charge in [0.25, 0.3) is 5.91 Å². The molecule has 2 aromatic carbocycles. The third kappa shape index (κ3) is 5.58. The molecule has 3 rings (SSSR count). The topological polar surface area (TPSA) is 97.4 Å². The molecule has 2 aromatic rings. The second-order valence-corrected chi connectivity index (χ2v) is 7.60. The number of benzene rings is 2. The lowest BCUT2D eigenvalue weighted by molar-refractivity contribution is -0.133. The van der Waals surface area contributed by atoms with Gasteiger partial charge < -0.3 is 20.5 Å². The third-order valence-electron chi connectivity index (χ3n) is 5.26. The predicted molar refractivity (Wildman–Crippen MR) is 113 cm³/mol. The van der Waals surface area contributed by atoms with Gasteiger partial charge in [-0.2, -0.15) is 0 Å². The van der Waals surface area contributed by atoms with Crippen molar-refractivity contribution >= 4 is 11.7 Å². The number of nitrogens with two attached hydrogens (primary N) is 1. The van der Waals surface area contributed by atoms with Crippen LogP contribution in [0.15, 0.2) is 36.4 Å². The van der Waals surface area contributed by atoms with Crippen LogP contribution in [0.5, 0.6) is 5.75 Å². The van der Waals surface area contributed by atoms with Gasteiger partial charge in [-0.1, -0.05) is 24.3 Å². The molecule has 0 heterocycles. The van der Waals surface area contributed by atoms with Gasteiger partial charge in [0, 0.05) is 18.7 Å². The van der Waals surface area contributed by atoms with E-state index in [0.717, 1.165) is 24.5 Å². The van der Waals surface area contributed by atoms with Crippen molar-refractivity contribution in [1.82, 2.24) is 5.32 Å². The number of amidine groups is 1. The average molecular weight is 431 g/mol. The smallest absolute Gasteiger partial charge is 0.254 e. The summed E-state index contributed by atoms with van der Waals surface area (Å²) in [6.45, 7) is 3.71. The van der Waals surface area contributed by atoms with E-state index in [-0.39, 0.29) is 30.8 Å². The van der Waals surface area contributed by atoms with Gasteiger partial charge >= 0.3 is 0 Å². The van der Waals surface area contributed by atoms with Crippen LogP contribution in [0.4, 0.5) is 8.78 Å². The number of carbonyl (C=O) groups excluding carboxylic acids is 1. The number of ether oxygens (including phenoxy) is 2. The Hall–Kier alpha value is -3.00. The van der Waals surface area contributed by atoms with E-state index < -0.39 is 29.2 Å². The summed E-state index contributed by atoms with van der Waals surface area (Å²) in [5, 5.41) is 10.1. The highest BCUT2D eigenvalue weighted by Gasteiger charge is 2.33. The molecule has 1 aliphatic rings. The van der Waals surface area contributed by atoms with E-state index in [2.05, 4.69) is 5.32 Å². The summed E-state index contributed by atoms with van der Waals surface area (Å²) >= 11 is 0. The van der Waals surface area contributed by atoms with E-state index >= 15 is 4.39 Å². The molecule has 1 amide bonds. The number of amides is 1. The first kappa shape index (κ1) is 22.7. The van der Waals surface area contributed by atoms with Gasteiger partial charge in [0.15, 0.2) is 17.7 Å². The predicted octanol–water partition coefficient (Wildman–Crippen LogP) is 3.82. The molecular weight excluding hydrogens is 404 g/mol. The summed E-state index contributed by atoms with van der Waals surface area (Å²) in [6, 6.07) is 9.07. The highest BCUT2D eigenvalue weighted by Crippen LogP contribution is 2.37. The van der Waals surface area contributed by atoms with Crippen molar-refractivity contribution in [2.24, 2.45) is 11.7 Å². The zero-order valence-corrected chi connectivity index (χ0v) is 17.6. The van der Waals surface area contributed by atoms with Crippen LogP contribution < -0.4 is 15.8 Å². The minimum Gasteiger partial charge on any atom is -0.487 e. The van der Waals surface area contributed by atoms with E-state index in [0.29, 0.717) is 11.5 Å². The highest BCUT2D eigenvalue weighted by atomic mass is 19.1. The maximum absolute atomic E-state index is 15.1. The number of nitrogens with one attached hydrogen (secondary N) is 2. The molecule has 2 atom stereocenters. The van der Waals surface area contributed by atoms with Crippen molar-refractivity contribution < 1.29 is 23.0 Å². The fourth-order valence-electron chi connectivity index (χ4n) is 3.28. The Morgan fingerprint density at radius 1 is 1.23 bits per heavy atom. The second-order valence-electron chi connectivity index (χ2n) is 7.60. The number of carbonyl (C=O) groups is 1. The molecule has 0 aliphatic heterocycles. The minimum absolute atomic E-state index is 0.0592. The van der Waals surface area contributed by atoms with Gasteiger partial charge in [0.2, 0.25) is 0 Å². The molecule has 8 heteroatoms. The van der Waals surface area contributed by atoms with Crippen molar-refractivity contribution in [3.8, 4) is 5.75 Å². The Kier molecular flexibility index (Phi) is 7.22. The first-order valence-electron chi connectivity index (χ1n) is 10.3. The van der Waals surface area contributed by atoms with Crippen LogP contribution in [-0.4, -0.2) is 24.5 Å². The van der Waals surface area contributed by atoms with Crippen LogP contribution in [0.2, 0.25) is 0 Å². The lowest BCUT2D eigenvalue weighted by Crippen LogP contribution is -2.32. The van der Waals surface area contributed by atoms with Crippen LogP contribution in [0.3, 0.4) is 0 Å². The number of halogens is 2. The zero-order valence-electron chi connectivity index (χ0n) is 17.6. The molecule has 0 saturated heterocycles. The Bertz CT molecular complexity index is 946. The molecule has 31 heavy (non-hydrogen) atoms. The molecule has 0 spiro atoms. The first-order valence-corrected chi connectivity index (χ1v) is 10.3. The van der Waals surface area contributed by atoms with Crippen LogP contribution in [0.1, 0.15) is 49.5 Å².